The number of aromatic amines is 1. The molecule has 13 heteroatoms. The van der Waals surface area contributed by atoms with Crippen LogP contribution in [-0.4, -0.2) is 42.9 Å². The number of benzene rings is 2. The molecule has 37 heavy (non-hydrogen) atoms. The molecular weight excluding hydrogens is 489 g/mol. The van der Waals surface area contributed by atoms with Crippen molar-refractivity contribution < 1.29 is 22.7 Å². The second-order valence-corrected chi connectivity index (χ2v) is 7.96. The van der Waals surface area contributed by atoms with Gasteiger partial charge >= 0.3 is 6.36 Å². The number of nitrogens with one attached hydrogen (secondary N) is 3. The number of rotatable bonds is 7. The van der Waals surface area contributed by atoms with E-state index in [0.717, 1.165) is 17.0 Å². The van der Waals surface area contributed by atoms with Crippen LogP contribution in [0.3, 0.4) is 0 Å². The average Bonchev–Trinajstić information content (AvgIpc) is 3.55. The lowest BCUT2D eigenvalue weighted by atomic mass is 10.1. The van der Waals surface area contributed by atoms with Gasteiger partial charge in [-0.05, 0) is 70.9 Å². The van der Waals surface area contributed by atoms with Crippen molar-refractivity contribution >= 4 is 17.6 Å². The van der Waals surface area contributed by atoms with Gasteiger partial charge in [0.15, 0.2) is 0 Å². The van der Waals surface area contributed by atoms with Crippen molar-refractivity contribution in [1.82, 2.24) is 36.0 Å². The number of carbonyl (C=O) groups is 1. The molecule has 0 fully saturated rings. The summed E-state index contributed by atoms with van der Waals surface area (Å²) in [6.45, 7) is 0.405. The van der Waals surface area contributed by atoms with Gasteiger partial charge in [0.1, 0.15) is 5.75 Å². The van der Waals surface area contributed by atoms with E-state index in [4.69, 9.17) is 0 Å². The summed E-state index contributed by atoms with van der Waals surface area (Å²) < 4.78 is 41.7. The Bertz CT molecular complexity index is 1380. The van der Waals surface area contributed by atoms with E-state index >= 15 is 0 Å². The number of anilines is 1. The quantitative estimate of drug-likeness (QED) is 0.344. The summed E-state index contributed by atoms with van der Waals surface area (Å²) in [4.78, 5) is 16.8. The Hall–Kier alpha value is -4.78. The molecule has 0 saturated heterocycles. The number of ether oxygens (including phenoxy) is 1. The highest BCUT2D eigenvalue weighted by Gasteiger charge is 2.31. The van der Waals surface area contributed by atoms with Gasteiger partial charge in [-0.15, -0.1) is 18.3 Å². The number of carbonyl (C=O) groups excluding carboxylic acids is 1. The maximum absolute atomic E-state index is 12.6. The van der Waals surface area contributed by atoms with Crippen molar-refractivity contribution in [2.24, 2.45) is 0 Å². The number of H-pyrrole nitrogens is 1. The van der Waals surface area contributed by atoms with Crippen molar-refractivity contribution in [2.75, 3.05) is 5.32 Å². The molecule has 2 aromatic carbocycles. The lowest BCUT2D eigenvalue weighted by Gasteiger charge is -2.24. The van der Waals surface area contributed by atoms with Crippen LogP contribution in [0.1, 0.15) is 33.2 Å². The number of hydrogen-bond acceptors (Lipinski definition) is 8. The fourth-order valence-electron chi connectivity index (χ4n) is 3.78. The monoisotopic (exact) mass is 508 g/mol. The predicted molar refractivity (Wildman–Crippen MR) is 125 cm³/mol. The number of hydrazine groups is 1. The zero-order chi connectivity index (χ0) is 25.8. The van der Waals surface area contributed by atoms with Crippen LogP contribution in [0.25, 0.3) is 5.70 Å². The lowest BCUT2D eigenvalue weighted by Crippen LogP contribution is -2.33. The molecule has 0 saturated carbocycles. The number of pyridine rings is 1. The molecule has 0 radical (unpaired) electrons. The third kappa shape index (κ3) is 5.90. The number of amides is 1. The Balaban J connectivity index is 1.35. The van der Waals surface area contributed by atoms with Crippen LogP contribution >= 0.6 is 0 Å². The summed E-state index contributed by atoms with van der Waals surface area (Å²) >= 11 is 0. The molecule has 0 bridgehead atoms. The first kappa shape index (κ1) is 23.9. The van der Waals surface area contributed by atoms with Crippen LogP contribution in [0.5, 0.6) is 5.75 Å². The molecule has 4 aromatic rings. The Kier molecular flexibility index (Phi) is 6.51. The van der Waals surface area contributed by atoms with Gasteiger partial charge in [-0.3, -0.25) is 15.1 Å². The van der Waals surface area contributed by atoms with E-state index in [1.54, 1.807) is 42.6 Å². The minimum Gasteiger partial charge on any atom is -0.406 e. The standard InChI is InChI=1S/C24H19F3N8O2/c25-24(26,27)37-18-10-8-16(9-11-18)21-13-20(19-3-1-2-12-28-19)32-35(21)14-15-4-6-17(7-5-15)22(36)29-23-30-33-34-31-23/h1-13,20,32H,14H2,(H2,29,30,31,33,34,36). The molecule has 0 aliphatic carbocycles. The summed E-state index contributed by atoms with van der Waals surface area (Å²) in [5, 5.41) is 17.4. The van der Waals surface area contributed by atoms with Crippen molar-refractivity contribution in [1.29, 1.82) is 0 Å². The van der Waals surface area contributed by atoms with Crippen molar-refractivity contribution in [3.05, 3.63) is 101 Å². The molecule has 188 valence electrons. The second kappa shape index (κ2) is 10.1. The fraction of sp³-hybridized carbons (Fsp3) is 0.125. The van der Waals surface area contributed by atoms with Crippen LogP contribution in [-0.2, 0) is 6.54 Å². The van der Waals surface area contributed by atoms with Gasteiger partial charge in [0, 0.05) is 11.8 Å². The lowest BCUT2D eigenvalue weighted by molar-refractivity contribution is -0.274. The number of alkyl halides is 3. The van der Waals surface area contributed by atoms with E-state index in [9.17, 15) is 18.0 Å². The molecule has 3 N–H and O–H groups in total. The van der Waals surface area contributed by atoms with Gasteiger partial charge in [-0.1, -0.05) is 23.3 Å². The molecule has 3 heterocycles. The number of tetrazole rings is 1. The Morgan fingerprint density at radius 1 is 1.05 bits per heavy atom. The third-order valence-electron chi connectivity index (χ3n) is 5.43. The topological polar surface area (TPSA) is 121 Å². The van der Waals surface area contributed by atoms with Crippen molar-refractivity contribution in [3.63, 3.8) is 0 Å². The number of aromatic nitrogens is 5. The number of nitrogens with zero attached hydrogens (tertiary/aromatic N) is 5. The molecular formula is C24H19F3N8O2. The summed E-state index contributed by atoms with van der Waals surface area (Å²) in [7, 11) is 0. The SMILES string of the molecule is O=C(Nc1nn[nH]n1)c1ccc(CN2NC(c3ccccn3)C=C2c2ccc(OC(F)(F)F)cc2)cc1. The molecule has 1 aliphatic rings. The van der Waals surface area contributed by atoms with E-state index in [1.807, 2.05) is 29.3 Å². The highest BCUT2D eigenvalue weighted by molar-refractivity contribution is 6.03. The second-order valence-electron chi connectivity index (χ2n) is 7.96. The number of hydrogen-bond donors (Lipinski definition) is 3. The van der Waals surface area contributed by atoms with E-state index in [0.29, 0.717) is 17.7 Å². The molecule has 10 nitrogen and oxygen atoms in total. The van der Waals surface area contributed by atoms with Crippen molar-refractivity contribution in [2.45, 2.75) is 18.9 Å². The highest BCUT2D eigenvalue weighted by Crippen LogP contribution is 2.32. The molecule has 1 amide bonds. The van der Waals surface area contributed by atoms with Gasteiger partial charge in [-0.2, -0.15) is 5.21 Å². The minimum absolute atomic E-state index is 0.0670. The minimum atomic E-state index is -4.76. The first-order valence-electron chi connectivity index (χ1n) is 11.0. The van der Waals surface area contributed by atoms with Crippen LogP contribution in [0, 0.1) is 0 Å². The van der Waals surface area contributed by atoms with Gasteiger partial charge in [-0.25, -0.2) is 5.43 Å². The van der Waals surface area contributed by atoms with Crippen molar-refractivity contribution in [3.8, 4) is 5.75 Å². The van der Waals surface area contributed by atoms with Crippen LogP contribution < -0.4 is 15.5 Å². The van der Waals surface area contributed by atoms with E-state index in [2.05, 4.69) is 41.1 Å². The molecule has 1 aliphatic heterocycles. The first-order valence-corrected chi connectivity index (χ1v) is 11.0. The fourth-order valence-corrected chi connectivity index (χ4v) is 3.78. The van der Waals surface area contributed by atoms with Gasteiger partial charge < -0.3 is 9.75 Å². The van der Waals surface area contributed by atoms with E-state index < -0.39 is 6.36 Å². The molecule has 1 unspecified atom stereocenters. The zero-order valence-electron chi connectivity index (χ0n) is 19.0. The first-order chi connectivity index (χ1) is 17.8. The highest BCUT2D eigenvalue weighted by atomic mass is 19.4. The van der Waals surface area contributed by atoms with Crippen LogP contribution in [0.4, 0.5) is 19.1 Å². The Labute approximate surface area is 208 Å². The predicted octanol–water partition coefficient (Wildman–Crippen LogP) is 3.85. The third-order valence-corrected chi connectivity index (χ3v) is 5.43. The van der Waals surface area contributed by atoms with E-state index in [-0.39, 0.29) is 23.6 Å². The van der Waals surface area contributed by atoms with Gasteiger partial charge in [0.05, 0.1) is 24.0 Å². The normalized spacial score (nSPS) is 15.4. The smallest absolute Gasteiger partial charge is 0.406 e. The van der Waals surface area contributed by atoms with Gasteiger partial charge in [0.2, 0.25) is 0 Å². The van der Waals surface area contributed by atoms with E-state index in [1.165, 1.54) is 12.1 Å². The maximum Gasteiger partial charge on any atom is 0.573 e. The summed E-state index contributed by atoms with van der Waals surface area (Å²) in [5.74, 6) is -0.619. The average molecular weight is 508 g/mol. The molecule has 0 spiro atoms. The largest absolute Gasteiger partial charge is 0.573 e. The summed E-state index contributed by atoms with van der Waals surface area (Å²) in [5.41, 5.74) is 6.91. The maximum atomic E-state index is 12.6. The molecule has 1 atom stereocenters. The van der Waals surface area contributed by atoms with Crippen LogP contribution in [0.15, 0.2) is 79.0 Å². The number of halogens is 3. The zero-order valence-corrected chi connectivity index (χ0v) is 19.0. The summed E-state index contributed by atoms with van der Waals surface area (Å²) in [6, 6.07) is 17.9. The summed E-state index contributed by atoms with van der Waals surface area (Å²) in [6.07, 6.45) is -1.12. The van der Waals surface area contributed by atoms with Crippen LogP contribution in [0.2, 0.25) is 0 Å². The molecule has 5 rings (SSSR count). The molecule has 2 aromatic heterocycles. The van der Waals surface area contributed by atoms with Gasteiger partial charge in [0.25, 0.3) is 11.9 Å². The Morgan fingerprint density at radius 2 is 1.84 bits per heavy atom. The Morgan fingerprint density at radius 3 is 2.49 bits per heavy atom.